The van der Waals surface area contributed by atoms with Gasteiger partial charge >= 0.3 is 6.09 Å². The highest BCUT2D eigenvalue weighted by Gasteiger charge is 2.31. The van der Waals surface area contributed by atoms with Crippen LogP contribution in [0.15, 0.2) is 60.9 Å². The van der Waals surface area contributed by atoms with E-state index < -0.39 is 6.09 Å². The van der Waals surface area contributed by atoms with Gasteiger partial charge in [-0.05, 0) is 41.8 Å². The monoisotopic (exact) mass is 551 g/mol. The van der Waals surface area contributed by atoms with Crippen LogP contribution in [0.1, 0.15) is 29.2 Å². The van der Waals surface area contributed by atoms with E-state index in [-0.39, 0.29) is 31.1 Å². The van der Waals surface area contributed by atoms with Gasteiger partial charge in [0.15, 0.2) is 17.1 Å². The van der Waals surface area contributed by atoms with Crippen LogP contribution < -0.4 is 20.5 Å². The molecule has 0 spiro atoms. The predicted molar refractivity (Wildman–Crippen MR) is 151 cm³/mol. The molecule has 206 valence electrons. The van der Waals surface area contributed by atoms with Crippen molar-refractivity contribution in [2.75, 3.05) is 30.9 Å². The van der Waals surface area contributed by atoms with Crippen molar-refractivity contribution in [2.45, 2.75) is 18.9 Å². The summed E-state index contributed by atoms with van der Waals surface area (Å²) in [5, 5.41) is 19.7. The summed E-state index contributed by atoms with van der Waals surface area (Å²) in [6.45, 7) is 0.719. The Balaban J connectivity index is 1.29. The SMILES string of the molecule is Nc1ncnc2c1c(-c1ccc(NC(=O)c3cccc4ccccc34)c3c1OCO3)nn2[C@@H]1CCCN(C(=O)O)C1. The second-order valence-electron chi connectivity index (χ2n) is 9.98. The van der Waals surface area contributed by atoms with Gasteiger partial charge in [0.2, 0.25) is 6.79 Å². The number of amides is 2. The topological polar surface area (TPSA) is 158 Å². The number of nitrogen functional groups attached to an aromatic ring is 1. The number of carbonyl (C=O) groups is 2. The zero-order valence-electron chi connectivity index (χ0n) is 21.8. The van der Waals surface area contributed by atoms with Crippen molar-refractivity contribution < 1.29 is 24.2 Å². The third kappa shape index (κ3) is 4.11. The van der Waals surface area contributed by atoms with Gasteiger partial charge in [0.1, 0.15) is 17.8 Å². The molecule has 4 N–H and O–H groups in total. The number of ether oxygens (including phenoxy) is 2. The number of rotatable bonds is 4. The maximum atomic E-state index is 13.4. The Labute approximate surface area is 233 Å². The summed E-state index contributed by atoms with van der Waals surface area (Å²) < 4.78 is 13.4. The lowest BCUT2D eigenvalue weighted by Gasteiger charge is -2.30. The highest BCUT2D eigenvalue weighted by molar-refractivity contribution is 6.13. The van der Waals surface area contributed by atoms with Gasteiger partial charge in [-0.25, -0.2) is 19.4 Å². The second kappa shape index (κ2) is 9.66. The van der Waals surface area contributed by atoms with E-state index in [2.05, 4.69) is 15.3 Å². The third-order valence-corrected chi connectivity index (χ3v) is 7.59. The Hall–Kier alpha value is -5.39. The van der Waals surface area contributed by atoms with Crippen LogP contribution in [0, 0.1) is 0 Å². The molecule has 0 radical (unpaired) electrons. The van der Waals surface area contributed by atoms with Crippen molar-refractivity contribution in [1.29, 1.82) is 0 Å². The van der Waals surface area contributed by atoms with Crippen LogP contribution in [0.3, 0.4) is 0 Å². The zero-order chi connectivity index (χ0) is 28.1. The minimum atomic E-state index is -0.968. The Morgan fingerprint density at radius 1 is 1.02 bits per heavy atom. The van der Waals surface area contributed by atoms with Crippen molar-refractivity contribution in [3.63, 3.8) is 0 Å². The number of likely N-dealkylation sites (tertiary alicyclic amines) is 1. The molecule has 2 aliphatic heterocycles. The maximum Gasteiger partial charge on any atom is 0.407 e. The van der Waals surface area contributed by atoms with Gasteiger partial charge < -0.3 is 30.5 Å². The van der Waals surface area contributed by atoms with E-state index in [9.17, 15) is 14.7 Å². The molecule has 2 aliphatic rings. The smallest absolute Gasteiger partial charge is 0.407 e. The lowest BCUT2D eigenvalue weighted by molar-refractivity contribution is 0.102. The van der Waals surface area contributed by atoms with E-state index in [1.807, 2.05) is 36.4 Å². The molecule has 7 rings (SSSR count). The number of nitrogens with zero attached hydrogens (tertiary/aromatic N) is 5. The first-order valence-electron chi connectivity index (χ1n) is 13.2. The van der Waals surface area contributed by atoms with Gasteiger partial charge in [-0.2, -0.15) is 5.10 Å². The van der Waals surface area contributed by atoms with Gasteiger partial charge in [0.25, 0.3) is 5.91 Å². The van der Waals surface area contributed by atoms with Crippen LogP contribution in [0.4, 0.5) is 16.3 Å². The molecule has 1 atom stereocenters. The molecule has 0 unspecified atom stereocenters. The molecule has 12 heteroatoms. The molecular formula is C29H25N7O5. The first kappa shape index (κ1) is 24.6. The maximum absolute atomic E-state index is 13.4. The highest BCUT2D eigenvalue weighted by Crippen LogP contribution is 2.48. The van der Waals surface area contributed by atoms with E-state index in [1.165, 1.54) is 11.2 Å². The van der Waals surface area contributed by atoms with Crippen molar-refractivity contribution in [2.24, 2.45) is 0 Å². The minimum Gasteiger partial charge on any atom is -0.465 e. The molecule has 41 heavy (non-hydrogen) atoms. The number of anilines is 2. The first-order valence-corrected chi connectivity index (χ1v) is 13.2. The third-order valence-electron chi connectivity index (χ3n) is 7.59. The molecule has 1 saturated heterocycles. The van der Waals surface area contributed by atoms with Gasteiger partial charge in [-0.1, -0.05) is 36.4 Å². The number of benzene rings is 3. The molecule has 12 nitrogen and oxygen atoms in total. The van der Waals surface area contributed by atoms with Crippen molar-refractivity contribution in [3.8, 4) is 22.8 Å². The van der Waals surface area contributed by atoms with E-state index in [0.717, 1.165) is 17.2 Å². The molecule has 5 aromatic rings. The number of piperidine rings is 1. The van der Waals surface area contributed by atoms with E-state index >= 15 is 0 Å². The van der Waals surface area contributed by atoms with Crippen molar-refractivity contribution in [3.05, 3.63) is 66.5 Å². The number of carbonyl (C=O) groups excluding carboxylic acids is 1. The van der Waals surface area contributed by atoms with Crippen LogP contribution in [0.2, 0.25) is 0 Å². The van der Waals surface area contributed by atoms with Crippen LogP contribution in [-0.2, 0) is 0 Å². The average molecular weight is 552 g/mol. The predicted octanol–water partition coefficient (Wildman–Crippen LogP) is 4.52. The molecule has 3 aromatic carbocycles. The van der Waals surface area contributed by atoms with E-state index in [1.54, 1.807) is 22.9 Å². The Morgan fingerprint density at radius 3 is 2.73 bits per heavy atom. The summed E-state index contributed by atoms with van der Waals surface area (Å²) in [4.78, 5) is 35.0. The number of carboxylic acid groups (broad SMARTS) is 1. The van der Waals surface area contributed by atoms with Crippen LogP contribution in [0.25, 0.3) is 33.1 Å². The van der Waals surface area contributed by atoms with Gasteiger partial charge in [-0.15, -0.1) is 0 Å². The molecule has 4 heterocycles. The largest absolute Gasteiger partial charge is 0.465 e. The van der Waals surface area contributed by atoms with E-state index in [4.69, 9.17) is 20.3 Å². The summed E-state index contributed by atoms with van der Waals surface area (Å²) in [5.74, 6) is 0.748. The van der Waals surface area contributed by atoms with E-state index in [0.29, 0.717) is 58.0 Å². The average Bonchev–Trinajstić information content (AvgIpc) is 3.64. The number of aromatic nitrogens is 4. The number of hydrogen-bond acceptors (Lipinski definition) is 8. The van der Waals surface area contributed by atoms with Crippen LogP contribution in [0.5, 0.6) is 11.5 Å². The van der Waals surface area contributed by atoms with Crippen LogP contribution in [-0.4, -0.2) is 61.6 Å². The second-order valence-corrected chi connectivity index (χ2v) is 9.98. The molecule has 1 fully saturated rings. The fourth-order valence-electron chi connectivity index (χ4n) is 5.66. The fraction of sp³-hybridized carbons (Fsp3) is 0.207. The van der Waals surface area contributed by atoms with Gasteiger partial charge in [0.05, 0.1) is 17.1 Å². The summed E-state index contributed by atoms with van der Waals surface area (Å²) in [6.07, 6.45) is 1.84. The van der Waals surface area contributed by atoms with Gasteiger partial charge in [0, 0.05) is 24.2 Å². The summed E-state index contributed by atoms with van der Waals surface area (Å²) in [7, 11) is 0. The normalized spacial score (nSPS) is 16.3. The molecule has 0 bridgehead atoms. The summed E-state index contributed by atoms with van der Waals surface area (Å²) >= 11 is 0. The highest BCUT2D eigenvalue weighted by atomic mass is 16.7. The Bertz CT molecular complexity index is 1850. The number of fused-ring (bicyclic) bond motifs is 3. The standard InChI is InChI=1S/C29H25N7O5/c30-26-22-23(34-36(27(22)32-14-31-26)17-7-4-12-35(13-17)29(38)39)20-10-11-21(25-24(20)40-15-41-25)33-28(37)19-9-3-6-16-5-1-2-8-18(16)19/h1-3,5-6,8-11,14,17H,4,7,12-13,15H2,(H,33,37)(H,38,39)(H2,30,31,32)/t17-/m1/s1. The quantitative estimate of drug-likeness (QED) is 0.292. The number of hydrogen-bond donors (Lipinski definition) is 3. The number of nitrogens with two attached hydrogens (primary N) is 1. The fourth-order valence-corrected chi connectivity index (χ4v) is 5.66. The zero-order valence-corrected chi connectivity index (χ0v) is 21.8. The molecular weight excluding hydrogens is 526 g/mol. The molecule has 2 amide bonds. The lowest BCUT2D eigenvalue weighted by Crippen LogP contribution is -2.40. The van der Waals surface area contributed by atoms with Crippen molar-refractivity contribution in [1.82, 2.24) is 24.6 Å². The lowest BCUT2D eigenvalue weighted by atomic mass is 10.0. The molecule has 0 aliphatic carbocycles. The molecule has 0 saturated carbocycles. The summed E-state index contributed by atoms with van der Waals surface area (Å²) in [5.41, 5.74) is 8.90. The number of nitrogens with one attached hydrogen (secondary N) is 1. The Morgan fingerprint density at radius 2 is 1.85 bits per heavy atom. The van der Waals surface area contributed by atoms with Crippen molar-refractivity contribution >= 4 is 45.3 Å². The minimum absolute atomic E-state index is 0.0374. The Kier molecular flexibility index (Phi) is 5.81. The van der Waals surface area contributed by atoms with Gasteiger partial charge in [-0.3, -0.25) is 4.79 Å². The van der Waals surface area contributed by atoms with Crippen LogP contribution >= 0.6 is 0 Å². The first-order chi connectivity index (χ1) is 20.0. The summed E-state index contributed by atoms with van der Waals surface area (Å²) in [6, 6.07) is 16.6. The molecule has 2 aromatic heterocycles.